The van der Waals surface area contributed by atoms with E-state index < -0.39 is 22.1 Å². The van der Waals surface area contributed by atoms with Crippen LogP contribution in [0.2, 0.25) is 0 Å². The minimum atomic E-state index is -3.95. The van der Waals surface area contributed by atoms with Gasteiger partial charge in [0.05, 0.1) is 35.9 Å². The lowest BCUT2D eigenvalue weighted by molar-refractivity contribution is 0.0600. The van der Waals surface area contributed by atoms with Crippen LogP contribution in [0, 0.1) is 0 Å². The molecule has 2 rings (SSSR count). The van der Waals surface area contributed by atoms with Crippen LogP contribution in [0.4, 0.5) is 5.69 Å². The van der Waals surface area contributed by atoms with Crippen molar-refractivity contribution >= 4 is 21.7 Å². The van der Waals surface area contributed by atoms with E-state index in [1.54, 1.807) is 30.3 Å². The highest BCUT2D eigenvalue weighted by atomic mass is 32.2. The van der Waals surface area contributed by atoms with Crippen molar-refractivity contribution in [2.75, 3.05) is 18.0 Å². The van der Waals surface area contributed by atoms with Crippen LogP contribution in [0.1, 0.15) is 17.3 Å². The monoisotopic (exact) mass is 349 g/mol. The number of aliphatic hydroxyl groups excluding tert-OH is 1. The number of sulfonamides is 1. The molecule has 0 bridgehead atoms. The molecule has 6 nitrogen and oxygen atoms in total. The Kier molecular flexibility index (Phi) is 5.58. The van der Waals surface area contributed by atoms with Crippen LogP contribution in [0.3, 0.4) is 0 Å². The predicted molar refractivity (Wildman–Crippen MR) is 90.4 cm³/mol. The van der Waals surface area contributed by atoms with Gasteiger partial charge in [-0.25, -0.2) is 13.2 Å². The molecular weight excluding hydrogens is 330 g/mol. The van der Waals surface area contributed by atoms with Gasteiger partial charge in [-0.15, -0.1) is 0 Å². The van der Waals surface area contributed by atoms with Crippen LogP contribution in [0.5, 0.6) is 0 Å². The third kappa shape index (κ3) is 3.93. The molecule has 1 atom stereocenters. The number of hydrogen-bond acceptors (Lipinski definition) is 5. The van der Waals surface area contributed by atoms with E-state index in [-0.39, 0.29) is 17.0 Å². The van der Waals surface area contributed by atoms with E-state index >= 15 is 0 Å². The summed E-state index contributed by atoms with van der Waals surface area (Å²) in [7, 11) is -2.72. The summed E-state index contributed by atoms with van der Waals surface area (Å²) in [6.45, 7) is 1.41. The third-order valence-electron chi connectivity index (χ3n) is 3.32. The standard InChI is InChI=1S/C17H19NO5S/c1-13(19)12-18(15-8-4-3-5-9-15)24(21,22)16-10-6-7-14(11-16)17(20)23-2/h3-11,13,19H,12H2,1-2H3/t13-/m0/s1. The molecule has 0 spiro atoms. The summed E-state index contributed by atoms with van der Waals surface area (Å²) >= 11 is 0. The van der Waals surface area contributed by atoms with Gasteiger partial charge in [0.2, 0.25) is 0 Å². The minimum absolute atomic E-state index is 0.0464. The van der Waals surface area contributed by atoms with Gasteiger partial charge >= 0.3 is 5.97 Å². The van der Waals surface area contributed by atoms with E-state index in [1.807, 2.05) is 0 Å². The lowest BCUT2D eigenvalue weighted by Crippen LogP contribution is -2.36. The Labute approximate surface area is 141 Å². The quantitative estimate of drug-likeness (QED) is 0.807. The number of carbonyl (C=O) groups is 1. The van der Waals surface area contributed by atoms with Gasteiger partial charge in [0.1, 0.15) is 0 Å². The first-order valence-corrected chi connectivity index (χ1v) is 8.74. The van der Waals surface area contributed by atoms with Gasteiger partial charge in [0.15, 0.2) is 0 Å². The van der Waals surface area contributed by atoms with Gasteiger partial charge in [-0.1, -0.05) is 24.3 Å². The van der Waals surface area contributed by atoms with Crippen molar-refractivity contribution in [3.05, 3.63) is 60.2 Å². The maximum Gasteiger partial charge on any atom is 0.337 e. The average Bonchev–Trinajstić information content (AvgIpc) is 2.59. The Balaban J connectivity index is 2.50. The molecule has 0 aliphatic carbocycles. The number of benzene rings is 2. The molecule has 2 aromatic rings. The van der Waals surface area contributed by atoms with Crippen molar-refractivity contribution < 1.29 is 23.1 Å². The largest absolute Gasteiger partial charge is 0.465 e. The van der Waals surface area contributed by atoms with Gasteiger partial charge in [0.25, 0.3) is 10.0 Å². The fourth-order valence-corrected chi connectivity index (χ4v) is 3.80. The number of esters is 1. The lowest BCUT2D eigenvalue weighted by atomic mass is 10.2. The number of nitrogens with zero attached hydrogens (tertiary/aromatic N) is 1. The molecule has 0 saturated heterocycles. The number of para-hydroxylation sites is 1. The highest BCUT2D eigenvalue weighted by molar-refractivity contribution is 7.92. The molecule has 0 aromatic heterocycles. The van der Waals surface area contributed by atoms with Gasteiger partial charge in [-0.05, 0) is 37.3 Å². The second-order valence-corrected chi connectivity index (χ2v) is 7.10. The Hall–Kier alpha value is -2.38. The van der Waals surface area contributed by atoms with Crippen LogP contribution in [-0.2, 0) is 14.8 Å². The van der Waals surface area contributed by atoms with Crippen molar-refractivity contribution in [2.45, 2.75) is 17.9 Å². The second kappa shape index (κ2) is 7.46. The average molecular weight is 349 g/mol. The number of carbonyl (C=O) groups excluding carboxylic acids is 1. The zero-order valence-corrected chi connectivity index (χ0v) is 14.2. The Morgan fingerprint density at radius 1 is 1.17 bits per heavy atom. The summed E-state index contributed by atoms with van der Waals surface area (Å²) < 4.78 is 31.7. The fourth-order valence-electron chi connectivity index (χ4n) is 2.21. The molecule has 2 aromatic carbocycles. The topological polar surface area (TPSA) is 83.9 Å². The van der Waals surface area contributed by atoms with Crippen LogP contribution in [0.25, 0.3) is 0 Å². The number of hydrogen-bond donors (Lipinski definition) is 1. The maximum atomic E-state index is 13.0. The van der Waals surface area contributed by atoms with Crippen molar-refractivity contribution in [3.63, 3.8) is 0 Å². The van der Waals surface area contributed by atoms with Crippen molar-refractivity contribution in [1.29, 1.82) is 0 Å². The van der Waals surface area contributed by atoms with Gasteiger partial charge in [-0.2, -0.15) is 0 Å². The number of anilines is 1. The zero-order chi connectivity index (χ0) is 17.7. The SMILES string of the molecule is COC(=O)c1cccc(S(=O)(=O)N(C[C@H](C)O)c2ccccc2)c1. The highest BCUT2D eigenvalue weighted by Gasteiger charge is 2.26. The molecule has 0 aliphatic heterocycles. The van der Waals surface area contributed by atoms with E-state index in [9.17, 15) is 18.3 Å². The lowest BCUT2D eigenvalue weighted by Gasteiger charge is -2.25. The van der Waals surface area contributed by atoms with Crippen LogP contribution in [-0.4, -0.2) is 39.3 Å². The first kappa shape index (κ1) is 18.0. The summed E-state index contributed by atoms with van der Waals surface area (Å²) in [6, 6.07) is 14.1. The zero-order valence-electron chi connectivity index (χ0n) is 13.4. The van der Waals surface area contributed by atoms with Gasteiger partial charge in [-0.3, -0.25) is 4.31 Å². The first-order chi connectivity index (χ1) is 11.4. The predicted octanol–water partition coefficient (Wildman–Crippen LogP) is 2.05. The van der Waals surface area contributed by atoms with Crippen LogP contribution < -0.4 is 4.31 Å². The maximum absolute atomic E-state index is 13.0. The summed E-state index contributed by atoms with van der Waals surface area (Å²) in [5.41, 5.74) is 0.575. The Morgan fingerprint density at radius 2 is 1.83 bits per heavy atom. The summed E-state index contributed by atoms with van der Waals surface area (Å²) in [5, 5.41) is 9.69. The number of rotatable bonds is 6. The molecular formula is C17H19NO5S. The van der Waals surface area contributed by atoms with E-state index in [4.69, 9.17) is 0 Å². The van der Waals surface area contributed by atoms with Gasteiger partial charge in [0, 0.05) is 0 Å². The molecule has 0 amide bonds. The van der Waals surface area contributed by atoms with E-state index in [1.165, 1.54) is 38.3 Å². The summed E-state index contributed by atoms with van der Waals surface area (Å²) in [4.78, 5) is 11.6. The fraction of sp³-hybridized carbons (Fsp3) is 0.235. The van der Waals surface area contributed by atoms with E-state index in [2.05, 4.69) is 4.74 Å². The van der Waals surface area contributed by atoms with E-state index in [0.29, 0.717) is 5.69 Å². The molecule has 0 fully saturated rings. The second-order valence-electron chi connectivity index (χ2n) is 5.24. The molecule has 0 aliphatic rings. The number of ether oxygens (including phenoxy) is 1. The van der Waals surface area contributed by atoms with Crippen molar-refractivity contribution in [2.24, 2.45) is 0 Å². The molecule has 24 heavy (non-hydrogen) atoms. The Bertz CT molecular complexity index is 803. The smallest absolute Gasteiger partial charge is 0.337 e. The normalized spacial score (nSPS) is 12.5. The van der Waals surface area contributed by atoms with E-state index in [0.717, 1.165) is 4.31 Å². The molecule has 0 saturated carbocycles. The van der Waals surface area contributed by atoms with Gasteiger partial charge < -0.3 is 9.84 Å². The first-order valence-electron chi connectivity index (χ1n) is 7.30. The summed E-state index contributed by atoms with van der Waals surface area (Å²) in [5.74, 6) is -0.617. The molecule has 7 heteroatoms. The van der Waals surface area contributed by atoms with Crippen molar-refractivity contribution in [3.8, 4) is 0 Å². The molecule has 0 heterocycles. The minimum Gasteiger partial charge on any atom is -0.465 e. The molecule has 0 unspecified atom stereocenters. The summed E-state index contributed by atoms with van der Waals surface area (Å²) in [6.07, 6.45) is -0.858. The molecule has 1 N–H and O–H groups in total. The number of aliphatic hydroxyl groups is 1. The van der Waals surface area contributed by atoms with Crippen molar-refractivity contribution in [1.82, 2.24) is 0 Å². The number of methoxy groups -OCH3 is 1. The van der Waals surface area contributed by atoms with Crippen LogP contribution in [0.15, 0.2) is 59.5 Å². The Morgan fingerprint density at radius 3 is 2.42 bits per heavy atom. The molecule has 0 radical (unpaired) electrons. The third-order valence-corrected chi connectivity index (χ3v) is 5.11. The highest BCUT2D eigenvalue weighted by Crippen LogP contribution is 2.24. The molecule has 128 valence electrons. The van der Waals surface area contributed by atoms with Crippen LogP contribution >= 0.6 is 0 Å².